The van der Waals surface area contributed by atoms with Crippen LogP contribution in [0.1, 0.15) is 31.9 Å². The van der Waals surface area contributed by atoms with Crippen molar-refractivity contribution in [1.82, 2.24) is 14.5 Å². The number of benzene rings is 2. The molecule has 1 atom stereocenters. The van der Waals surface area contributed by atoms with Gasteiger partial charge in [-0.2, -0.15) is 12.7 Å². The Kier molecular flexibility index (Phi) is 9.01. The van der Waals surface area contributed by atoms with Gasteiger partial charge in [-0.1, -0.05) is 42.5 Å². The Balaban J connectivity index is 2.44. The van der Waals surface area contributed by atoms with Crippen LogP contribution in [0.4, 0.5) is 5.69 Å². The highest BCUT2D eigenvalue weighted by Crippen LogP contribution is 2.21. The first-order valence-corrected chi connectivity index (χ1v) is 12.2. The summed E-state index contributed by atoms with van der Waals surface area (Å²) >= 11 is 0. The zero-order chi connectivity index (χ0) is 24.8. The van der Waals surface area contributed by atoms with Gasteiger partial charge in [-0.3, -0.25) is 9.59 Å². The van der Waals surface area contributed by atoms with Gasteiger partial charge in [-0.05, 0) is 51.0 Å². The lowest BCUT2D eigenvalue weighted by Gasteiger charge is -2.33. The van der Waals surface area contributed by atoms with Crippen molar-refractivity contribution in [3.05, 3.63) is 65.7 Å². The number of rotatable bonds is 10. The molecule has 0 radical (unpaired) electrons. The first-order valence-electron chi connectivity index (χ1n) is 10.8. The molecule has 1 N–H and O–H groups in total. The number of amides is 2. The van der Waals surface area contributed by atoms with Crippen LogP contribution in [0.25, 0.3) is 0 Å². The van der Waals surface area contributed by atoms with Gasteiger partial charge in [0.2, 0.25) is 11.8 Å². The van der Waals surface area contributed by atoms with Crippen LogP contribution in [-0.4, -0.2) is 62.2 Å². The van der Waals surface area contributed by atoms with Gasteiger partial charge in [0.05, 0.1) is 5.69 Å². The molecule has 0 spiro atoms. The maximum absolute atomic E-state index is 13.6. The maximum atomic E-state index is 13.6. The van der Waals surface area contributed by atoms with E-state index >= 15 is 0 Å². The summed E-state index contributed by atoms with van der Waals surface area (Å²) in [7, 11) is -1.12. The molecule has 0 fully saturated rings. The van der Waals surface area contributed by atoms with Crippen molar-refractivity contribution in [1.29, 1.82) is 0 Å². The van der Waals surface area contributed by atoms with Crippen LogP contribution in [0.3, 0.4) is 0 Å². The average Bonchev–Trinajstić information content (AvgIpc) is 2.76. The molecule has 180 valence electrons. The van der Waals surface area contributed by atoms with Gasteiger partial charge in [-0.25, -0.2) is 4.31 Å². The van der Waals surface area contributed by atoms with Crippen molar-refractivity contribution in [3.63, 3.8) is 0 Å². The van der Waals surface area contributed by atoms with Gasteiger partial charge >= 0.3 is 10.2 Å². The molecular formula is C24H34N4O4S. The van der Waals surface area contributed by atoms with Gasteiger partial charge < -0.3 is 10.2 Å². The predicted octanol–water partition coefficient (Wildman–Crippen LogP) is 2.55. The summed E-state index contributed by atoms with van der Waals surface area (Å²) in [6, 6.07) is 15.2. The lowest BCUT2D eigenvalue weighted by Crippen LogP contribution is -2.53. The zero-order valence-corrected chi connectivity index (χ0v) is 21.0. The van der Waals surface area contributed by atoms with Gasteiger partial charge in [0, 0.05) is 26.7 Å². The summed E-state index contributed by atoms with van der Waals surface area (Å²) in [4.78, 5) is 27.8. The molecule has 0 bridgehead atoms. The highest BCUT2D eigenvalue weighted by atomic mass is 32.2. The van der Waals surface area contributed by atoms with Crippen LogP contribution < -0.4 is 9.62 Å². The van der Waals surface area contributed by atoms with Crippen LogP contribution in [0.2, 0.25) is 0 Å². The number of nitrogens with one attached hydrogen (secondary N) is 1. The number of hydrogen-bond acceptors (Lipinski definition) is 4. The molecule has 0 heterocycles. The van der Waals surface area contributed by atoms with E-state index in [4.69, 9.17) is 0 Å². The molecular weight excluding hydrogens is 440 g/mol. The molecule has 0 aliphatic heterocycles. The molecule has 2 rings (SSSR count). The molecule has 0 saturated carbocycles. The number of aryl methyl sites for hydroxylation is 1. The van der Waals surface area contributed by atoms with E-state index in [1.807, 2.05) is 45.0 Å². The Labute approximate surface area is 197 Å². The van der Waals surface area contributed by atoms with Gasteiger partial charge in [0.25, 0.3) is 0 Å². The van der Waals surface area contributed by atoms with Crippen molar-refractivity contribution in [2.75, 3.05) is 24.9 Å². The Morgan fingerprint density at radius 2 is 1.52 bits per heavy atom. The van der Waals surface area contributed by atoms with Crippen LogP contribution in [-0.2, 0) is 26.3 Å². The molecule has 0 unspecified atom stereocenters. The quantitative estimate of drug-likeness (QED) is 0.573. The molecule has 0 aromatic heterocycles. The molecule has 8 nitrogen and oxygen atoms in total. The summed E-state index contributed by atoms with van der Waals surface area (Å²) in [5.41, 5.74) is 2.24. The highest BCUT2D eigenvalue weighted by molar-refractivity contribution is 7.90. The topological polar surface area (TPSA) is 90.0 Å². The fourth-order valence-electron chi connectivity index (χ4n) is 3.27. The lowest BCUT2D eigenvalue weighted by atomic mass is 10.1. The van der Waals surface area contributed by atoms with Crippen molar-refractivity contribution < 1.29 is 18.0 Å². The molecule has 2 amide bonds. The largest absolute Gasteiger partial charge is 0.352 e. The Morgan fingerprint density at radius 3 is 2.06 bits per heavy atom. The van der Waals surface area contributed by atoms with Crippen molar-refractivity contribution in [3.8, 4) is 0 Å². The SMILES string of the molecule is Cc1ccccc1CN(C(=O)CN(c1ccccc1)S(=O)(=O)N(C)C)[C@H](C)C(=O)NC(C)C. The van der Waals surface area contributed by atoms with Gasteiger partial charge in [0.15, 0.2) is 0 Å². The minimum atomic E-state index is -3.95. The predicted molar refractivity (Wildman–Crippen MR) is 131 cm³/mol. The molecule has 0 aliphatic carbocycles. The van der Waals surface area contributed by atoms with Gasteiger partial charge in [-0.15, -0.1) is 0 Å². The third-order valence-electron chi connectivity index (χ3n) is 5.26. The second-order valence-electron chi connectivity index (χ2n) is 8.42. The fraction of sp³-hybridized carbons (Fsp3) is 0.417. The summed E-state index contributed by atoms with van der Waals surface area (Å²) in [6.45, 7) is 7.03. The van der Waals surface area contributed by atoms with E-state index in [0.29, 0.717) is 5.69 Å². The van der Waals surface area contributed by atoms with E-state index in [1.165, 1.54) is 19.0 Å². The molecule has 33 heavy (non-hydrogen) atoms. The Hall–Kier alpha value is -2.91. The smallest absolute Gasteiger partial charge is 0.304 e. The highest BCUT2D eigenvalue weighted by Gasteiger charge is 2.32. The zero-order valence-electron chi connectivity index (χ0n) is 20.1. The molecule has 2 aromatic rings. The number of hydrogen-bond donors (Lipinski definition) is 1. The Bertz CT molecular complexity index is 1060. The summed E-state index contributed by atoms with van der Waals surface area (Å²) in [6.07, 6.45) is 0. The minimum absolute atomic E-state index is 0.0923. The van der Waals surface area contributed by atoms with Crippen LogP contribution >= 0.6 is 0 Å². The van der Waals surface area contributed by atoms with E-state index in [0.717, 1.165) is 19.7 Å². The number of carbonyl (C=O) groups excluding carboxylic acids is 2. The second-order valence-corrected chi connectivity index (χ2v) is 10.5. The first-order chi connectivity index (χ1) is 15.4. The molecule has 2 aromatic carbocycles. The number of nitrogens with zero attached hydrogens (tertiary/aromatic N) is 3. The van der Waals surface area contributed by atoms with E-state index < -0.39 is 28.7 Å². The summed E-state index contributed by atoms with van der Waals surface area (Å²) in [5.74, 6) is -0.771. The van der Waals surface area contributed by atoms with Crippen molar-refractivity contribution in [2.24, 2.45) is 0 Å². The van der Waals surface area contributed by atoms with Crippen LogP contribution in [0, 0.1) is 6.92 Å². The third kappa shape index (κ3) is 6.79. The van der Waals surface area contributed by atoms with Crippen LogP contribution in [0.5, 0.6) is 0 Å². The lowest BCUT2D eigenvalue weighted by molar-refractivity contribution is -0.139. The molecule has 9 heteroatoms. The monoisotopic (exact) mass is 474 g/mol. The standard InChI is InChI=1S/C24H34N4O4S/c1-18(2)25-24(30)20(4)27(16-21-13-11-10-12-19(21)3)23(29)17-28(33(31,32)26(5)6)22-14-8-7-9-15-22/h7-15,18,20H,16-17H2,1-6H3,(H,25,30)/t20-/m1/s1. The minimum Gasteiger partial charge on any atom is -0.352 e. The maximum Gasteiger partial charge on any atom is 0.304 e. The summed E-state index contributed by atoms with van der Waals surface area (Å²) in [5, 5.41) is 2.84. The van der Waals surface area contributed by atoms with Crippen molar-refractivity contribution >= 4 is 27.7 Å². The normalized spacial score (nSPS) is 12.5. The van der Waals surface area contributed by atoms with E-state index in [1.54, 1.807) is 37.3 Å². The number of carbonyl (C=O) groups is 2. The van der Waals surface area contributed by atoms with Crippen molar-refractivity contribution in [2.45, 2.75) is 46.3 Å². The van der Waals surface area contributed by atoms with Crippen LogP contribution in [0.15, 0.2) is 54.6 Å². The van der Waals surface area contributed by atoms with E-state index in [2.05, 4.69) is 5.32 Å². The average molecular weight is 475 g/mol. The van der Waals surface area contributed by atoms with E-state index in [9.17, 15) is 18.0 Å². The Morgan fingerprint density at radius 1 is 0.939 bits per heavy atom. The fourth-order valence-corrected chi connectivity index (χ4v) is 4.33. The molecule has 0 aliphatic rings. The summed E-state index contributed by atoms with van der Waals surface area (Å²) < 4.78 is 28.2. The number of anilines is 1. The molecule has 0 saturated heterocycles. The third-order valence-corrected chi connectivity index (χ3v) is 7.08. The number of para-hydroxylation sites is 1. The van der Waals surface area contributed by atoms with Gasteiger partial charge in [0.1, 0.15) is 12.6 Å². The first kappa shape index (κ1) is 26.3. The second kappa shape index (κ2) is 11.3. The van der Waals surface area contributed by atoms with E-state index in [-0.39, 0.29) is 18.5 Å².